The van der Waals surface area contributed by atoms with Crippen LogP contribution in [0.2, 0.25) is 0 Å². The first kappa shape index (κ1) is 23.1. The largest absolute Gasteiger partial charge is 0.416 e. The molecule has 2 aromatic carbocycles. The lowest BCUT2D eigenvalue weighted by Gasteiger charge is -2.42. The molecule has 1 aliphatic rings. The first-order chi connectivity index (χ1) is 14.5. The highest BCUT2D eigenvalue weighted by Gasteiger charge is 2.43. The Balaban J connectivity index is 1.84. The minimum atomic E-state index is -4.67. The standard InChI is InChI=1S/C22H23F5N2O2/c1-4-29(3)13-28-20-5-14(2)18(9-19(20)24)21(11-30-12-21)31-10-15-6-16(22(25,26)27)8-17(23)7-15/h5-9,13H,4,10-12H2,1-3H3. The van der Waals surface area contributed by atoms with Gasteiger partial charge in [-0.3, -0.25) is 0 Å². The average molecular weight is 442 g/mol. The third-order valence-electron chi connectivity index (χ3n) is 5.15. The summed E-state index contributed by atoms with van der Waals surface area (Å²) in [6.45, 7) is 4.35. The molecule has 0 unspecified atom stereocenters. The Hall–Kier alpha value is -2.52. The summed E-state index contributed by atoms with van der Waals surface area (Å²) in [6, 6.07) is 5.14. The van der Waals surface area contributed by atoms with Crippen LogP contribution in [0.3, 0.4) is 0 Å². The number of nitrogens with zero attached hydrogens (tertiary/aromatic N) is 2. The van der Waals surface area contributed by atoms with Crippen molar-refractivity contribution in [2.45, 2.75) is 32.2 Å². The summed E-state index contributed by atoms with van der Waals surface area (Å²) < 4.78 is 78.3. The van der Waals surface area contributed by atoms with Gasteiger partial charge >= 0.3 is 6.18 Å². The number of aryl methyl sites for hydroxylation is 1. The predicted octanol–water partition coefficient (Wildman–Crippen LogP) is 5.35. The van der Waals surface area contributed by atoms with Gasteiger partial charge in [0.2, 0.25) is 0 Å². The topological polar surface area (TPSA) is 34.1 Å². The van der Waals surface area contributed by atoms with Crippen molar-refractivity contribution < 1.29 is 31.4 Å². The van der Waals surface area contributed by atoms with E-state index < -0.39 is 29.0 Å². The van der Waals surface area contributed by atoms with Crippen molar-refractivity contribution in [1.82, 2.24) is 4.90 Å². The third kappa shape index (κ3) is 5.22. The van der Waals surface area contributed by atoms with E-state index in [2.05, 4.69) is 4.99 Å². The van der Waals surface area contributed by atoms with Crippen LogP contribution < -0.4 is 0 Å². The van der Waals surface area contributed by atoms with Gasteiger partial charge in [0, 0.05) is 13.6 Å². The van der Waals surface area contributed by atoms with E-state index in [4.69, 9.17) is 9.47 Å². The van der Waals surface area contributed by atoms with Crippen LogP contribution in [0.5, 0.6) is 0 Å². The van der Waals surface area contributed by atoms with Crippen molar-refractivity contribution in [1.29, 1.82) is 0 Å². The van der Waals surface area contributed by atoms with Crippen molar-refractivity contribution in [3.8, 4) is 0 Å². The van der Waals surface area contributed by atoms with Crippen molar-refractivity contribution in [3.05, 3.63) is 64.2 Å². The second-order valence-corrected chi connectivity index (χ2v) is 7.56. The fraction of sp³-hybridized carbons (Fsp3) is 0.409. The molecule has 1 aliphatic heterocycles. The second kappa shape index (κ2) is 8.92. The van der Waals surface area contributed by atoms with Crippen LogP contribution in [-0.2, 0) is 27.9 Å². The van der Waals surface area contributed by atoms with Gasteiger partial charge in [-0.05, 0) is 60.9 Å². The maximum absolute atomic E-state index is 14.7. The SMILES string of the molecule is CCN(C)C=Nc1cc(C)c(C2(OCc3cc(F)cc(C(F)(F)F)c3)COC2)cc1F. The van der Waals surface area contributed by atoms with Crippen LogP contribution in [0, 0.1) is 18.6 Å². The summed E-state index contributed by atoms with van der Waals surface area (Å²) in [5.74, 6) is -1.56. The molecule has 1 fully saturated rings. The van der Waals surface area contributed by atoms with E-state index in [0.717, 1.165) is 12.1 Å². The molecular formula is C22H23F5N2O2. The maximum Gasteiger partial charge on any atom is 0.416 e. The molecule has 0 aliphatic carbocycles. The molecule has 3 rings (SSSR count). The third-order valence-corrected chi connectivity index (χ3v) is 5.15. The molecule has 0 saturated carbocycles. The van der Waals surface area contributed by atoms with Gasteiger partial charge in [0.1, 0.15) is 22.9 Å². The highest BCUT2D eigenvalue weighted by Crippen LogP contribution is 2.39. The minimum absolute atomic E-state index is 0.0283. The molecule has 31 heavy (non-hydrogen) atoms. The summed E-state index contributed by atoms with van der Waals surface area (Å²) in [5, 5.41) is 0. The number of halogens is 5. The van der Waals surface area contributed by atoms with Crippen LogP contribution in [0.25, 0.3) is 0 Å². The summed E-state index contributed by atoms with van der Waals surface area (Å²) in [7, 11) is 1.81. The first-order valence-corrected chi connectivity index (χ1v) is 9.67. The normalized spacial score (nSPS) is 15.9. The van der Waals surface area contributed by atoms with Crippen LogP contribution in [0.1, 0.15) is 29.2 Å². The summed E-state index contributed by atoms with van der Waals surface area (Å²) >= 11 is 0. The minimum Gasteiger partial charge on any atom is -0.375 e. The molecule has 9 heteroatoms. The van der Waals surface area contributed by atoms with Crippen LogP contribution in [0.15, 0.2) is 35.3 Å². The van der Waals surface area contributed by atoms with Crippen molar-refractivity contribution in [2.24, 2.45) is 4.99 Å². The monoisotopic (exact) mass is 442 g/mol. The molecule has 0 radical (unpaired) electrons. The Morgan fingerprint density at radius 2 is 1.87 bits per heavy atom. The molecule has 0 N–H and O–H groups in total. The fourth-order valence-corrected chi connectivity index (χ4v) is 3.22. The van der Waals surface area contributed by atoms with Gasteiger partial charge in [0.25, 0.3) is 0 Å². The van der Waals surface area contributed by atoms with Crippen LogP contribution >= 0.6 is 0 Å². The molecule has 0 bridgehead atoms. The fourth-order valence-electron chi connectivity index (χ4n) is 3.22. The smallest absolute Gasteiger partial charge is 0.375 e. The number of hydrogen-bond acceptors (Lipinski definition) is 3. The molecule has 0 amide bonds. The van der Waals surface area contributed by atoms with E-state index in [-0.39, 0.29) is 31.1 Å². The van der Waals surface area contributed by atoms with E-state index in [1.54, 1.807) is 17.9 Å². The number of aliphatic imine (C=N–C) groups is 1. The summed E-state index contributed by atoms with van der Waals surface area (Å²) in [4.78, 5) is 5.94. The summed E-state index contributed by atoms with van der Waals surface area (Å²) in [5.41, 5.74) is -0.709. The second-order valence-electron chi connectivity index (χ2n) is 7.56. The highest BCUT2D eigenvalue weighted by molar-refractivity contribution is 5.62. The molecule has 168 valence electrons. The van der Waals surface area contributed by atoms with E-state index in [1.807, 2.05) is 14.0 Å². The zero-order chi connectivity index (χ0) is 22.8. The number of hydrogen-bond donors (Lipinski definition) is 0. The number of rotatable bonds is 7. The Bertz CT molecular complexity index is 971. The van der Waals surface area contributed by atoms with Crippen LogP contribution in [-0.4, -0.2) is 38.0 Å². The molecule has 4 nitrogen and oxygen atoms in total. The lowest BCUT2D eigenvalue weighted by atomic mass is 9.87. The molecule has 1 saturated heterocycles. The van der Waals surface area contributed by atoms with E-state index in [9.17, 15) is 22.0 Å². The number of alkyl halides is 3. The number of ether oxygens (including phenoxy) is 2. The lowest BCUT2D eigenvalue weighted by molar-refractivity contribution is -0.223. The Morgan fingerprint density at radius 3 is 2.45 bits per heavy atom. The molecule has 1 heterocycles. The van der Waals surface area contributed by atoms with Gasteiger partial charge in [-0.25, -0.2) is 13.8 Å². The van der Waals surface area contributed by atoms with Gasteiger partial charge in [-0.1, -0.05) is 0 Å². The van der Waals surface area contributed by atoms with Crippen molar-refractivity contribution in [2.75, 3.05) is 26.8 Å². The van der Waals surface area contributed by atoms with Gasteiger partial charge in [0.05, 0.1) is 31.7 Å². The van der Waals surface area contributed by atoms with Gasteiger partial charge in [0.15, 0.2) is 0 Å². The Kier molecular flexibility index (Phi) is 6.66. The maximum atomic E-state index is 14.7. The van der Waals surface area contributed by atoms with Crippen LogP contribution in [0.4, 0.5) is 27.6 Å². The predicted molar refractivity (Wildman–Crippen MR) is 106 cm³/mol. The zero-order valence-corrected chi connectivity index (χ0v) is 17.4. The van der Waals surface area contributed by atoms with Crippen molar-refractivity contribution in [3.63, 3.8) is 0 Å². The molecule has 2 aromatic rings. The molecule has 0 aromatic heterocycles. The van der Waals surface area contributed by atoms with Gasteiger partial charge in [-0.15, -0.1) is 0 Å². The van der Waals surface area contributed by atoms with Crippen molar-refractivity contribution >= 4 is 12.0 Å². The molecular weight excluding hydrogens is 419 g/mol. The quantitative estimate of drug-likeness (QED) is 0.330. The van der Waals surface area contributed by atoms with E-state index >= 15 is 0 Å². The molecule has 0 spiro atoms. The lowest BCUT2D eigenvalue weighted by Crippen LogP contribution is -2.49. The van der Waals surface area contributed by atoms with E-state index in [1.165, 1.54) is 12.4 Å². The van der Waals surface area contributed by atoms with Gasteiger partial charge in [-0.2, -0.15) is 13.2 Å². The Labute approximate surface area is 177 Å². The Morgan fingerprint density at radius 1 is 1.16 bits per heavy atom. The zero-order valence-electron chi connectivity index (χ0n) is 17.4. The summed E-state index contributed by atoms with van der Waals surface area (Å²) in [6.07, 6.45) is -3.14. The average Bonchev–Trinajstić information content (AvgIpc) is 2.66. The number of benzene rings is 2. The highest BCUT2D eigenvalue weighted by atomic mass is 19.4. The molecule has 0 atom stereocenters. The van der Waals surface area contributed by atoms with E-state index in [0.29, 0.717) is 23.7 Å². The van der Waals surface area contributed by atoms with Gasteiger partial charge < -0.3 is 14.4 Å². The first-order valence-electron chi connectivity index (χ1n) is 9.67.